The van der Waals surface area contributed by atoms with Crippen molar-refractivity contribution < 1.29 is 14.3 Å². The number of ether oxygens (including phenoxy) is 1. The Kier molecular flexibility index (Phi) is 3.74. The zero-order valence-corrected chi connectivity index (χ0v) is 9.12. The standard InChI is InChI=1S/C10H17N3O3/c14-9-2-1-8(13-9)10(15)12-5-7-6-16-4-3-11-7/h7-8,11H,1-6H2,(H,12,15)(H,13,14)/t7?,8-/m0/s1. The van der Waals surface area contributed by atoms with Crippen molar-refractivity contribution in [2.24, 2.45) is 0 Å². The van der Waals surface area contributed by atoms with E-state index in [0.29, 0.717) is 26.0 Å². The molecule has 3 N–H and O–H groups in total. The van der Waals surface area contributed by atoms with Crippen molar-refractivity contribution in [3.05, 3.63) is 0 Å². The van der Waals surface area contributed by atoms with E-state index in [4.69, 9.17) is 4.74 Å². The minimum absolute atomic E-state index is 0.0423. The highest BCUT2D eigenvalue weighted by atomic mass is 16.5. The van der Waals surface area contributed by atoms with Gasteiger partial charge in [0.1, 0.15) is 6.04 Å². The van der Waals surface area contributed by atoms with E-state index in [-0.39, 0.29) is 23.9 Å². The van der Waals surface area contributed by atoms with Gasteiger partial charge in [-0.25, -0.2) is 0 Å². The number of rotatable bonds is 3. The lowest BCUT2D eigenvalue weighted by molar-refractivity contribution is -0.125. The predicted octanol–water partition coefficient (Wildman–Crippen LogP) is -1.63. The van der Waals surface area contributed by atoms with Gasteiger partial charge in [0.05, 0.1) is 13.2 Å². The third-order valence-electron chi connectivity index (χ3n) is 2.83. The van der Waals surface area contributed by atoms with Gasteiger partial charge in [-0.05, 0) is 6.42 Å². The Morgan fingerprint density at radius 2 is 2.44 bits per heavy atom. The van der Waals surface area contributed by atoms with E-state index in [1.807, 2.05) is 0 Å². The number of morpholine rings is 1. The highest BCUT2D eigenvalue weighted by Crippen LogP contribution is 2.06. The first-order valence-electron chi connectivity index (χ1n) is 5.64. The van der Waals surface area contributed by atoms with Gasteiger partial charge in [0.15, 0.2) is 0 Å². The van der Waals surface area contributed by atoms with E-state index in [9.17, 15) is 9.59 Å². The maximum atomic E-state index is 11.6. The Labute approximate surface area is 94.1 Å². The summed E-state index contributed by atoms with van der Waals surface area (Å²) in [7, 11) is 0. The van der Waals surface area contributed by atoms with Gasteiger partial charge in [0.25, 0.3) is 0 Å². The highest BCUT2D eigenvalue weighted by Gasteiger charge is 2.27. The summed E-state index contributed by atoms with van der Waals surface area (Å²) in [5, 5.41) is 8.70. The number of hydrogen-bond donors (Lipinski definition) is 3. The summed E-state index contributed by atoms with van der Waals surface area (Å²) in [6.45, 7) is 2.71. The summed E-state index contributed by atoms with van der Waals surface area (Å²) in [6, 6.07) is -0.174. The van der Waals surface area contributed by atoms with Crippen molar-refractivity contribution in [2.75, 3.05) is 26.3 Å². The van der Waals surface area contributed by atoms with Crippen LogP contribution in [0.5, 0.6) is 0 Å². The summed E-state index contributed by atoms with van der Waals surface area (Å²) in [6.07, 6.45) is 1.04. The van der Waals surface area contributed by atoms with Gasteiger partial charge in [0.2, 0.25) is 11.8 Å². The Balaban J connectivity index is 1.68. The van der Waals surface area contributed by atoms with Crippen molar-refractivity contribution in [1.82, 2.24) is 16.0 Å². The van der Waals surface area contributed by atoms with E-state index >= 15 is 0 Å². The molecule has 0 aromatic heterocycles. The summed E-state index contributed by atoms with van der Waals surface area (Å²) < 4.78 is 5.27. The van der Waals surface area contributed by atoms with Crippen LogP contribution in [0, 0.1) is 0 Å². The van der Waals surface area contributed by atoms with Crippen LogP contribution >= 0.6 is 0 Å². The lowest BCUT2D eigenvalue weighted by Crippen LogP contribution is -2.51. The molecule has 0 aromatic carbocycles. The highest BCUT2D eigenvalue weighted by molar-refractivity contribution is 5.90. The molecule has 0 spiro atoms. The Morgan fingerprint density at radius 1 is 1.56 bits per heavy atom. The second kappa shape index (κ2) is 5.27. The molecule has 90 valence electrons. The van der Waals surface area contributed by atoms with E-state index in [1.165, 1.54) is 0 Å². The number of amides is 2. The van der Waals surface area contributed by atoms with Crippen LogP contribution in [0.25, 0.3) is 0 Å². The molecule has 2 saturated heterocycles. The first-order valence-corrected chi connectivity index (χ1v) is 5.64. The van der Waals surface area contributed by atoms with Crippen LogP contribution in [0.4, 0.5) is 0 Å². The van der Waals surface area contributed by atoms with Crippen LogP contribution in [0.15, 0.2) is 0 Å². The zero-order valence-electron chi connectivity index (χ0n) is 9.12. The maximum Gasteiger partial charge on any atom is 0.242 e. The van der Waals surface area contributed by atoms with Crippen molar-refractivity contribution in [3.8, 4) is 0 Å². The Bertz CT molecular complexity index is 276. The van der Waals surface area contributed by atoms with Crippen LogP contribution in [0.2, 0.25) is 0 Å². The molecule has 0 aliphatic carbocycles. The molecule has 2 atom stereocenters. The fraction of sp³-hybridized carbons (Fsp3) is 0.800. The Hall–Kier alpha value is -1.14. The van der Waals surface area contributed by atoms with Gasteiger partial charge in [-0.1, -0.05) is 0 Å². The fourth-order valence-corrected chi connectivity index (χ4v) is 1.91. The van der Waals surface area contributed by atoms with Gasteiger partial charge in [0, 0.05) is 25.6 Å². The molecule has 2 heterocycles. The summed E-state index contributed by atoms with van der Waals surface area (Å²) in [5.74, 6) is -0.141. The molecule has 0 radical (unpaired) electrons. The van der Waals surface area contributed by atoms with Gasteiger partial charge in [-0.2, -0.15) is 0 Å². The first kappa shape index (κ1) is 11.3. The van der Waals surface area contributed by atoms with Crippen molar-refractivity contribution in [2.45, 2.75) is 24.9 Å². The molecule has 6 heteroatoms. The molecular formula is C10H17N3O3. The fourth-order valence-electron chi connectivity index (χ4n) is 1.91. The normalized spacial score (nSPS) is 29.9. The van der Waals surface area contributed by atoms with E-state index < -0.39 is 0 Å². The lowest BCUT2D eigenvalue weighted by Gasteiger charge is -2.24. The third-order valence-corrected chi connectivity index (χ3v) is 2.83. The third kappa shape index (κ3) is 2.93. The maximum absolute atomic E-state index is 11.6. The number of nitrogens with one attached hydrogen (secondary N) is 3. The molecule has 2 aliphatic heterocycles. The molecule has 2 fully saturated rings. The summed E-state index contributed by atoms with van der Waals surface area (Å²) in [5.41, 5.74) is 0. The molecule has 2 aliphatic rings. The zero-order chi connectivity index (χ0) is 11.4. The van der Waals surface area contributed by atoms with Crippen molar-refractivity contribution in [3.63, 3.8) is 0 Å². The van der Waals surface area contributed by atoms with Gasteiger partial charge in [-0.15, -0.1) is 0 Å². The summed E-state index contributed by atoms with van der Waals surface area (Å²) >= 11 is 0. The van der Waals surface area contributed by atoms with E-state index in [1.54, 1.807) is 0 Å². The van der Waals surface area contributed by atoms with Crippen LogP contribution in [-0.4, -0.2) is 50.2 Å². The smallest absolute Gasteiger partial charge is 0.242 e. The van der Waals surface area contributed by atoms with Crippen LogP contribution in [0.1, 0.15) is 12.8 Å². The average molecular weight is 227 g/mol. The van der Waals surface area contributed by atoms with Crippen molar-refractivity contribution >= 4 is 11.8 Å². The molecule has 0 bridgehead atoms. The average Bonchev–Trinajstić information content (AvgIpc) is 2.74. The molecule has 6 nitrogen and oxygen atoms in total. The van der Waals surface area contributed by atoms with E-state index in [0.717, 1.165) is 13.2 Å². The number of carbonyl (C=O) groups is 2. The van der Waals surface area contributed by atoms with Crippen LogP contribution in [-0.2, 0) is 14.3 Å². The molecular weight excluding hydrogens is 210 g/mol. The van der Waals surface area contributed by atoms with Crippen LogP contribution in [0.3, 0.4) is 0 Å². The monoisotopic (exact) mass is 227 g/mol. The van der Waals surface area contributed by atoms with Gasteiger partial charge in [-0.3, -0.25) is 9.59 Å². The van der Waals surface area contributed by atoms with Crippen LogP contribution < -0.4 is 16.0 Å². The van der Waals surface area contributed by atoms with Crippen molar-refractivity contribution in [1.29, 1.82) is 0 Å². The first-order chi connectivity index (χ1) is 7.75. The van der Waals surface area contributed by atoms with Gasteiger partial charge >= 0.3 is 0 Å². The van der Waals surface area contributed by atoms with Gasteiger partial charge < -0.3 is 20.7 Å². The second-order valence-electron chi connectivity index (χ2n) is 4.13. The Morgan fingerprint density at radius 3 is 3.06 bits per heavy atom. The molecule has 2 rings (SSSR count). The minimum atomic E-state index is -0.350. The lowest BCUT2D eigenvalue weighted by atomic mass is 10.2. The topological polar surface area (TPSA) is 79.5 Å². The predicted molar refractivity (Wildman–Crippen MR) is 56.8 cm³/mol. The second-order valence-corrected chi connectivity index (χ2v) is 4.13. The quantitative estimate of drug-likeness (QED) is 0.541. The molecule has 2 amide bonds. The number of carbonyl (C=O) groups excluding carboxylic acids is 2. The summed E-state index contributed by atoms with van der Waals surface area (Å²) in [4.78, 5) is 22.6. The number of hydrogen-bond acceptors (Lipinski definition) is 4. The minimum Gasteiger partial charge on any atom is -0.378 e. The molecule has 0 saturated carbocycles. The molecule has 1 unspecified atom stereocenters. The van der Waals surface area contributed by atoms with E-state index in [2.05, 4.69) is 16.0 Å². The SMILES string of the molecule is O=C1CC[C@@H](C(=O)NCC2COCCN2)N1. The molecule has 16 heavy (non-hydrogen) atoms. The molecule has 0 aromatic rings. The largest absolute Gasteiger partial charge is 0.378 e.